The van der Waals surface area contributed by atoms with Gasteiger partial charge in [0.2, 0.25) is 5.91 Å². The van der Waals surface area contributed by atoms with Gasteiger partial charge in [-0.25, -0.2) is 9.78 Å². The minimum absolute atomic E-state index is 0.145. The highest BCUT2D eigenvalue weighted by molar-refractivity contribution is 6.33. The van der Waals surface area contributed by atoms with Gasteiger partial charge in [-0.05, 0) is 18.2 Å². The lowest BCUT2D eigenvalue weighted by Gasteiger charge is -2.44. The Hall–Kier alpha value is -3.73. The lowest BCUT2D eigenvalue weighted by molar-refractivity contribution is -0.137. The number of aromatic nitrogens is 3. The molecule has 0 radical (unpaired) electrons. The van der Waals surface area contributed by atoms with Crippen LogP contribution in [0.5, 0.6) is 0 Å². The number of carbonyl (C=O) groups excluding carboxylic acids is 2. The largest absolute Gasteiger partial charge is 0.416 e. The van der Waals surface area contributed by atoms with Crippen molar-refractivity contribution in [1.29, 1.82) is 0 Å². The highest BCUT2D eigenvalue weighted by Crippen LogP contribution is 2.36. The fraction of sp³-hybridized carbons (Fsp3) is 0.261. The molecule has 2 N–H and O–H groups in total. The van der Waals surface area contributed by atoms with Crippen LogP contribution in [0.15, 0.2) is 48.9 Å². The van der Waals surface area contributed by atoms with Crippen LogP contribution >= 0.6 is 11.6 Å². The monoisotopic (exact) mass is 504 g/mol. The molecule has 0 bridgehead atoms. The molecule has 2 aromatic heterocycles. The molecule has 1 aromatic carbocycles. The molecule has 182 valence electrons. The van der Waals surface area contributed by atoms with Crippen molar-refractivity contribution in [2.45, 2.75) is 25.6 Å². The van der Waals surface area contributed by atoms with Gasteiger partial charge >= 0.3 is 12.2 Å². The molecule has 8 nitrogen and oxygen atoms in total. The van der Waals surface area contributed by atoms with E-state index in [0.29, 0.717) is 46.4 Å². The van der Waals surface area contributed by atoms with Crippen molar-refractivity contribution in [2.75, 3.05) is 18.0 Å². The maximum Gasteiger partial charge on any atom is 0.416 e. The third-order valence-corrected chi connectivity index (χ3v) is 5.93. The Balaban J connectivity index is 1.69. The third-order valence-electron chi connectivity index (χ3n) is 5.63. The number of benzene rings is 1. The number of rotatable bonds is 5. The van der Waals surface area contributed by atoms with E-state index in [-0.39, 0.29) is 12.3 Å². The lowest BCUT2D eigenvalue weighted by atomic mass is 10.0. The molecule has 1 aliphatic rings. The molecule has 0 aliphatic carbocycles. The van der Waals surface area contributed by atoms with E-state index in [4.69, 9.17) is 17.3 Å². The van der Waals surface area contributed by atoms with Crippen molar-refractivity contribution < 1.29 is 22.8 Å². The van der Waals surface area contributed by atoms with E-state index in [2.05, 4.69) is 15.0 Å². The molecular weight excluding hydrogens is 485 g/mol. The van der Waals surface area contributed by atoms with Gasteiger partial charge in [0, 0.05) is 43.0 Å². The molecular formula is C23H20ClF3N6O2. The summed E-state index contributed by atoms with van der Waals surface area (Å²) in [5, 5.41) is 0.294. The van der Waals surface area contributed by atoms with Gasteiger partial charge in [0.1, 0.15) is 11.5 Å². The van der Waals surface area contributed by atoms with Crippen LogP contribution in [-0.4, -0.2) is 50.9 Å². The molecule has 3 aromatic rings. The van der Waals surface area contributed by atoms with Crippen molar-refractivity contribution >= 4 is 29.4 Å². The van der Waals surface area contributed by atoms with Gasteiger partial charge in [-0.2, -0.15) is 13.2 Å². The molecule has 0 saturated carbocycles. The number of anilines is 1. The van der Waals surface area contributed by atoms with Crippen molar-refractivity contribution in [3.05, 3.63) is 59.5 Å². The molecule has 0 atom stereocenters. The van der Waals surface area contributed by atoms with Gasteiger partial charge in [0.15, 0.2) is 0 Å². The lowest BCUT2D eigenvalue weighted by Crippen LogP contribution is -2.63. The Labute approximate surface area is 203 Å². The smallest absolute Gasteiger partial charge is 0.351 e. The number of carbonyl (C=O) groups is 2. The number of hydrogen-bond donors (Lipinski definition) is 1. The van der Waals surface area contributed by atoms with Crippen LogP contribution in [0.2, 0.25) is 5.02 Å². The van der Waals surface area contributed by atoms with Crippen LogP contribution in [0, 0.1) is 0 Å². The molecule has 0 unspecified atom stereocenters. The summed E-state index contributed by atoms with van der Waals surface area (Å²) in [5.41, 5.74) is 6.22. The second kappa shape index (κ2) is 9.49. The van der Waals surface area contributed by atoms with Gasteiger partial charge in [0.25, 0.3) is 0 Å². The molecule has 3 amide bonds. The van der Waals surface area contributed by atoms with Crippen molar-refractivity contribution in [3.63, 3.8) is 0 Å². The first-order valence-electron chi connectivity index (χ1n) is 10.6. The van der Waals surface area contributed by atoms with E-state index in [1.807, 2.05) is 4.90 Å². The number of hydrogen-bond acceptors (Lipinski definition) is 6. The van der Waals surface area contributed by atoms with Crippen LogP contribution in [0.4, 0.5) is 23.8 Å². The van der Waals surface area contributed by atoms with Gasteiger partial charge < -0.3 is 10.6 Å². The topological polar surface area (TPSA) is 105 Å². The zero-order valence-electron chi connectivity index (χ0n) is 18.5. The summed E-state index contributed by atoms with van der Waals surface area (Å²) in [4.78, 5) is 39.8. The Bertz CT molecular complexity index is 1260. The summed E-state index contributed by atoms with van der Waals surface area (Å²) in [7, 11) is 0. The van der Waals surface area contributed by atoms with Crippen LogP contribution in [0.1, 0.15) is 18.9 Å². The van der Waals surface area contributed by atoms with Gasteiger partial charge in [-0.1, -0.05) is 30.7 Å². The third kappa shape index (κ3) is 4.90. The number of alkyl halides is 3. The molecule has 3 heterocycles. The highest BCUT2D eigenvalue weighted by atomic mass is 35.5. The number of pyridine rings is 1. The van der Waals surface area contributed by atoms with E-state index in [0.717, 1.165) is 17.0 Å². The van der Waals surface area contributed by atoms with Crippen LogP contribution < -0.4 is 10.6 Å². The van der Waals surface area contributed by atoms with Crippen molar-refractivity contribution in [3.8, 4) is 22.5 Å². The number of amides is 3. The molecule has 35 heavy (non-hydrogen) atoms. The molecule has 1 aliphatic heterocycles. The van der Waals surface area contributed by atoms with E-state index in [1.165, 1.54) is 30.7 Å². The van der Waals surface area contributed by atoms with Crippen molar-refractivity contribution in [1.82, 2.24) is 19.9 Å². The second-order valence-corrected chi connectivity index (χ2v) is 8.28. The molecule has 4 rings (SSSR count). The first-order valence-corrected chi connectivity index (χ1v) is 11.0. The number of halogens is 4. The maximum absolute atomic E-state index is 13.0. The van der Waals surface area contributed by atoms with Crippen LogP contribution in [0.25, 0.3) is 22.5 Å². The molecule has 1 fully saturated rings. The number of imide groups is 1. The summed E-state index contributed by atoms with van der Waals surface area (Å²) < 4.78 is 39.0. The van der Waals surface area contributed by atoms with E-state index in [1.54, 1.807) is 13.0 Å². The Morgan fingerprint density at radius 1 is 1.14 bits per heavy atom. The van der Waals surface area contributed by atoms with E-state index < -0.39 is 23.8 Å². The molecule has 1 saturated heterocycles. The van der Waals surface area contributed by atoms with E-state index >= 15 is 0 Å². The SMILES string of the molecule is CCC(=O)N(C(N)=O)C1CN(c2cnc(-c3ccc(C(F)(F)F)cc3)c(-c3ccncc3Cl)n2)C1. The van der Waals surface area contributed by atoms with Crippen LogP contribution in [0.3, 0.4) is 0 Å². The molecule has 0 spiro atoms. The average molecular weight is 505 g/mol. The Morgan fingerprint density at radius 3 is 2.40 bits per heavy atom. The fourth-order valence-corrected chi connectivity index (χ4v) is 4.01. The highest BCUT2D eigenvalue weighted by Gasteiger charge is 2.38. The number of nitrogens with zero attached hydrogens (tertiary/aromatic N) is 5. The quantitative estimate of drug-likeness (QED) is 0.552. The van der Waals surface area contributed by atoms with Crippen LogP contribution in [-0.2, 0) is 11.0 Å². The van der Waals surface area contributed by atoms with Gasteiger partial charge in [-0.3, -0.25) is 19.7 Å². The predicted octanol–water partition coefficient (Wildman–Crippen LogP) is 4.38. The first kappa shape index (κ1) is 24.4. The zero-order valence-corrected chi connectivity index (χ0v) is 19.2. The summed E-state index contributed by atoms with van der Waals surface area (Å²) >= 11 is 6.35. The van der Waals surface area contributed by atoms with Gasteiger partial charge in [-0.15, -0.1) is 0 Å². The van der Waals surface area contributed by atoms with E-state index in [9.17, 15) is 22.8 Å². The van der Waals surface area contributed by atoms with Crippen molar-refractivity contribution in [2.24, 2.45) is 5.73 Å². The standard InChI is InChI=1S/C23H20ClF3N6O2/c1-2-19(34)33(22(28)35)15-11-32(12-15)18-10-30-20(13-3-5-14(6-4-13)23(25,26)27)21(31-18)16-7-8-29-9-17(16)24/h3-10,15H,2,11-12H2,1H3,(H2,28,35). The maximum atomic E-state index is 13.0. The zero-order chi connectivity index (χ0) is 25.3. The predicted molar refractivity (Wildman–Crippen MR) is 123 cm³/mol. The molecule has 12 heteroatoms. The number of urea groups is 1. The minimum atomic E-state index is -4.46. The summed E-state index contributed by atoms with van der Waals surface area (Å²) in [6.45, 7) is 2.27. The normalized spacial score (nSPS) is 13.9. The Morgan fingerprint density at radius 2 is 1.83 bits per heavy atom. The average Bonchev–Trinajstić information content (AvgIpc) is 2.80. The summed E-state index contributed by atoms with van der Waals surface area (Å²) in [5.74, 6) is 0.0864. The number of nitrogens with two attached hydrogens (primary N) is 1. The van der Waals surface area contributed by atoms with Gasteiger partial charge in [0.05, 0.1) is 28.5 Å². The second-order valence-electron chi connectivity index (χ2n) is 7.87. The summed E-state index contributed by atoms with van der Waals surface area (Å²) in [6.07, 6.45) is 0.122. The fourth-order valence-electron chi connectivity index (χ4n) is 3.80. The summed E-state index contributed by atoms with van der Waals surface area (Å²) in [6, 6.07) is 5.03. The first-order chi connectivity index (χ1) is 16.6. The minimum Gasteiger partial charge on any atom is -0.351 e. The number of primary amides is 1. The Kier molecular flexibility index (Phi) is 6.62.